The summed E-state index contributed by atoms with van der Waals surface area (Å²) in [6.07, 6.45) is -0.786. The lowest BCUT2D eigenvalue weighted by Crippen LogP contribution is -2.62. The topological polar surface area (TPSA) is 52.6 Å². The highest BCUT2D eigenvalue weighted by Gasteiger charge is 2.38. The highest BCUT2D eigenvalue weighted by atomic mass is 19.1. The molecule has 19 heavy (non-hydrogen) atoms. The first-order valence-electron chi connectivity index (χ1n) is 6.37. The molecule has 5 heteroatoms. The van der Waals surface area contributed by atoms with Gasteiger partial charge in [0.25, 0.3) is 0 Å². The van der Waals surface area contributed by atoms with Gasteiger partial charge in [-0.05, 0) is 39.0 Å². The average molecular weight is 266 g/mol. The van der Waals surface area contributed by atoms with Gasteiger partial charge in [-0.2, -0.15) is 0 Å². The van der Waals surface area contributed by atoms with Gasteiger partial charge in [0.15, 0.2) is 0 Å². The summed E-state index contributed by atoms with van der Waals surface area (Å²) in [6, 6.07) is 4.30. The number of amides is 1. The third kappa shape index (κ3) is 2.42. The Kier molecular flexibility index (Phi) is 3.49. The van der Waals surface area contributed by atoms with Crippen molar-refractivity contribution in [3.05, 3.63) is 29.6 Å². The van der Waals surface area contributed by atoms with Crippen LogP contribution in [0.3, 0.4) is 0 Å². The van der Waals surface area contributed by atoms with E-state index in [1.807, 2.05) is 18.7 Å². The van der Waals surface area contributed by atoms with Crippen LogP contribution in [0.15, 0.2) is 18.2 Å². The first kappa shape index (κ1) is 13.8. The normalized spacial score (nSPS) is 20.1. The van der Waals surface area contributed by atoms with E-state index in [0.717, 1.165) is 0 Å². The minimum Gasteiger partial charge on any atom is -0.389 e. The first-order chi connectivity index (χ1) is 8.84. The number of aliphatic hydroxyl groups excluding tert-OH is 1. The molecule has 1 saturated heterocycles. The molecule has 4 nitrogen and oxygen atoms in total. The highest BCUT2D eigenvalue weighted by Crippen LogP contribution is 2.33. The van der Waals surface area contributed by atoms with Gasteiger partial charge in [0, 0.05) is 24.3 Å². The van der Waals surface area contributed by atoms with Gasteiger partial charge in [0.2, 0.25) is 5.91 Å². The first-order valence-corrected chi connectivity index (χ1v) is 6.37. The molecule has 0 unspecified atom stereocenters. The third-order valence-electron chi connectivity index (χ3n) is 3.58. The van der Waals surface area contributed by atoms with Gasteiger partial charge in [-0.25, -0.2) is 4.39 Å². The minimum atomic E-state index is -0.786. The maximum Gasteiger partial charge on any atom is 0.245 e. The summed E-state index contributed by atoms with van der Waals surface area (Å²) >= 11 is 0. The van der Waals surface area contributed by atoms with Crippen LogP contribution in [0.4, 0.5) is 10.1 Å². The van der Waals surface area contributed by atoms with E-state index >= 15 is 0 Å². The zero-order valence-corrected chi connectivity index (χ0v) is 11.4. The van der Waals surface area contributed by atoms with Crippen LogP contribution in [0.25, 0.3) is 0 Å². The standard InChI is InChI=1S/C14H19FN2O2/c1-9(18)11-8-10(15)4-5-12(11)17-7-6-16-13(19)14(17,2)3/h4-5,8-9,18H,6-7H2,1-3H3,(H,16,19)/t9-/m1/s1. The quantitative estimate of drug-likeness (QED) is 0.854. The molecule has 1 aliphatic heterocycles. The Bertz CT molecular complexity index is 500. The lowest BCUT2D eigenvalue weighted by molar-refractivity contribution is -0.126. The fourth-order valence-corrected chi connectivity index (χ4v) is 2.43. The van der Waals surface area contributed by atoms with Crippen molar-refractivity contribution >= 4 is 11.6 Å². The molecular formula is C14H19FN2O2. The predicted octanol–water partition coefficient (Wildman–Crippen LogP) is 1.59. The van der Waals surface area contributed by atoms with Gasteiger partial charge in [0.1, 0.15) is 11.4 Å². The Hall–Kier alpha value is -1.62. The van der Waals surface area contributed by atoms with E-state index < -0.39 is 11.6 Å². The maximum atomic E-state index is 13.3. The fraction of sp³-hybridized carbons (Fsp3) is 0.500. The number of halogens is 1. The monoisotopic (exact) mass is 266 g/mol. The van der Waals surface area contributed by atoms with Crippen molar-refractivity contribution < 1.29 is 14.3 Å². The summed E-state index contributed by atoms with van der Waals surface area (Å²) in [6.45, 7) is 6.39. The molecular weight excluding hydrogens is 247 g/mol. The molecule has 1 heterocycles. The van der Waals surface area contributed by atoms with Crippen LogP contribution in [0.1, 0.15) is 32.4 Å². The molecule has 1 aliphatic rings. The molecule has 2 rings (SSSR count). The number of rotatable bonds is 2. The lowest BCUT2D eigenvalue weighted by Gasteiger charge is -2.43. The molecule has 0 aliphatic carbocycles. The average Bonchev–Trinajstić information content (AvgIpc) is 2.33. The number of benzene rings is 1. The molecule has 1 atom stereocenters. The number of anilines is 1. The van der Waals surface area contributed by atoms with Crippen LogP contribution < -0.4 is 10.2 Å². The fourth-order valence-electron chi connectivity index (χ4n) is 2.43. The van der Waals surface area contributed by atoms with Crippen molar-refractivity contribution in [3.63, 3.8) is 0 Å². The van der Waals surface area contributed by atoms with Crippen molar-refractivity contribution in [2.24, 2.45) is 0 Å². The van der Waals surface area contributed by atoms with E-state index in [1.54, 1.807) is 13.0 Å². The summed E-state index contributed by atoms with van der Waals surface area (Å²) < 4.78 is 13.3. The largest absolute Gasteiger partial charge is 0.389 e. The number of hydrogen-bond donors (Lipinski definition) is 2. The molecule has 1 amide bonds. The SMILES string of the molecule is C[C@@H](O)c1cc(F)ccc1N1CCNC(=O)C1(C)C. The zero-order chi connectivity index (χ0) is 14.2. The van der Waals surface area contributed by atoms with Gasteiger partial charge in [0.05, 0.1) is 6.10 Å². The van der Waals surface area contributed by atoms with Crippen molar-refractivity contribution in [2.75, 3.05) is 18.0 Å². The van der Waals surface area contributed by atoms with E-state index in [0.29, 0.717) is 24.3 Å². The molecule has 1 aromatic carbocycles. The summed E-state index contributed by atoms with van der Waals surface area (Å²) in [5.74, 6) is -0.460. The number of piperazine rings is 1. The molecule has 0 bridgehead atoms. The van der Waals surface area contributed by atoms with Crippen LogP contribution in [0.5, 0.6) is 0 Å². The van der Waals surface area contributed by atoms with Crippen LogP contribution in [-0.2, 0) is 4.79 Å². The molecule has 1 aromatic rings. The smallest absolute Gasteiger partial charge is 0.245 e. The number of carbonyl (C=O) groups excluding carboxylic acids is 1. The minimum absolute atomic E-state index is 0.0698. The maximum absolute atomic E-state index is 13.3. The van der Waals surface area contributed by atoms with Gasteiger partial charge >= 0.3 is 0 Å². The second-order valence-electron chi connectivity index (χ2n) is 5.35. The molecule has 104 valence electrons. The summed E-state index contributed by atoms with van der Waals surface area (Å²) in [5.41, 5.74) is 0.485. The molecule has 0 radical (unpaired) electrons. The van der Waals surface area contributed by atoms with Crippen LogP contribution >= 0.6 is 0 Å². The summed E-state index contributed by atoms with van der Waals surface area (Å²) in [4.78, 5) is 13.9. The molecule has 2 N–H and O–H groups in total. The molecule has 0 aromatic heterocycles. The second kappa shape index (κ2) is 4.81. The van der Waals surface area contributed by atoms with Crippen molar-refractivity contribution in [1.82, 2.24) is 5.32 Å². The van der Waals surface area contributed by atoms with Crippen LogP contribution in [-0.4, -0.2) is 29.6 Å². The van der Waals surface area contributed by atoms with Gasteiger partial charge in [-0.1, -0.05) is 0 Å². The number of nitrogens with one attached hydrogen (secondary N) is 1. The van der Waals surface area contributed by atoms with E-state index in [2.05, 4.69) is 5.32 Å². The molecule has 1 fully saturated rings. The Labute approximate surface area is 112 Å². The molecule has 0 spiro atoms. The van der Waals surface area contributed by atoms with Gasteiger partial charge < -0.3 is 15.3 Å². The summed E-state index contributed by atoms with van der Waals surface area (Å²) in [7, 11) is 0. The van der Waals surface area contributed by atoms with Crippen LogP contribution in [0.2, 0.25) is 0 Å². The number of hydrogen-bond acceptors (Lipinski definition) is 3. The van der Waals surface area contributed by atoms with E-state index in [9.17, 15) is 14.3 Å². The Balaban J connectivity index is 2.49. The second-order valence-corrected chi connectivity index (χ2v) is 5.35. The predicted molar refractivity (Wildman–Crippen MR) is 71.5 cm³/mol. The highest BCUT2D eigenvalue weighted by molar-refractivity contribution is 5.90. The zero-order valence-electron chi connectivity index (χ0n) is 11.4. The van der Waals surface area contributed by atoms with E-state index in [-0.39, 0.29) is 11.7 Å². The summed E-state index contributed by atoms with van der Waals surface area (Å²) in [5, 5.41) is 12.6. The van der Waals surface area contributed by atoms with Crippen molar-refractivity contribution in [1.29, 1.82) is 0 Å². The Morgan fingerprint density at radius 1 is 1.47 bits per heavy atom. The lowest BCUT2D eigenvalue weighted by atomic mass is 9.95. The van der Waals surface area contributed by atoms with Gasteiger partial charge in [-0.3, -0.25) is 4.79 Å². The third-order valence-corrected chi connectivity index (χ3v) is 3.58. The van der Waals surface area contributed by atoms with Crippen molar-refractivity contribution in [3.8, 4) is 0 Å². The number of carbonyl (C=O) groups is 1. The van der Waals surface area contributed by atoms with Crippen LogP contribution in [0, 0.1) is 5.82 Å². The van der Waals surface area contributed by atoms with Crippen molar-refractivity contribution in [2.45, 2.75) is 32.4 Å². The number of aliphatic hydroxyl groups is 1. The Morgan fingerprint density at radius 2 is 2.16 bits per heavy atom. The van der Waals surface area contributed by atoms with E-state index in [1.165, 1.54) is 12.1 Å². The van der Waals surface area contributed by atoms with Gasteiger partial charge in [-0.15, -0.1) is 0 Å². The van der Waals surface area contributed by atoms with E-state index in [4.69, 9.17) is 0 Å². The number of nitrogens with zero attached hydrogens (tertiary/aromatic N) is 1. The Morgan fingerprint density at radius 3 is 2.79 bits per heavy atom. The molecule has 0 saturated carbocycles.